The van der Waals surface area contributed by atoms with Crippen molar-refractivity contribution in [2.24, 2.45) is 0 Å². The molecule has 9 heteroatoms. The van der Waals surface area contributed by atoms with Crippen molar-refractivity contribution >= 4 is 27.5 Å². The van der Waals surface area contributed by atoms with Crippen molar-refractivity contribution in [1.82, 2.24) is 0 Å². The number of hydrogen-bond donors (Lipinski definition) is 1. The molecule has 3 rings (SSSR count). The third-order valence-electron chi connectivity index (χ3n) is 4.36. The van der Waals surface area contributed by atoms with Gasteiger partial charge in [0, 0.05) is 23.4 Å². The number of nitrogens with one attached hydrogen (secondary N) is 1. The van der Waals surface area contributed by atoms with Gasteiger partial charge in [0.2, 0.25) is 10.0 Å². The van der Waals surface area contributed by atoms with E-state index in [4.69, 9.17) is 4.74 Å². The van der Waals surface area contributed by atoms with E-state index < -0.39 is 33.5 Å². The van der Waals surface area contributed by atoms with Crippen LogP contribution in [-0.4, -0.2) is 21.1 Å². The number of amides is 1. The minimum atomic E-state index is -3.98. The van der Waals surface area contributed by atoms with Gasteiger partial charge in [-0.05, 0) is 37.1 Å². The van der Waals surface area contributed by atoms with E-state index >= 15 is 0 Å². The first-order chi connectivity index (χ1) is 13.2. The fourth-order valence-corrected chi connectivity index (χ4v) is 4.19. The highest BCUT2D eigenvalue weighted by molar-refractivity contribution is 7.91. The van der Waals surface area contributed by atoms with Crippen molar-refractivity contribution < 1.29 is 26.7 Å². The number of anilines is 2. The second kappa shape index (κ2) is 7.75. The molecule has 0 aromatic heterocycles. The van der Waals surface area contributed by atoms with Crippen LogP contribution < -0.4 is 9.62 Å². The van der Waals surface area contributed by atoms with Crippen LogP contribution >= 0.6 is 0 Å². The van der Waals surface area contributed by atoms with E-state index in [0.29, 0.717) is 17.8 Å². The summed E-state index contributed by atoms with van der Waals surface area (Å²) in [6.45, 7) is 3.84. The maximum absolute atomic E-state index is 14.0. The van der Waals surface area contributed by atoms with Crippen LogP contribution in [-0.2, 0) is 27.1 Å². The smallest absolute Gasteiger partial charge is 0.414 e. The fourth-order valence-electron chi connectivity index (χ4n) is 3.00. The number of carbonyl (C=O) groups is 1. The summed E-state index contributed by atoms with van der Waals surface area (Å²) in [5.41, 5.74) is 1.42. The average molecular weight is 410 g/mol. The van der Waals surface area contributed by atoms with E-state index in [-0.39, 0.29) is 23.4 Å². The number of cyclic esters (lactones) is 1. The molecule has 1 N–H and O–H groups in total. The number of halogens is 2. The number of sulfonamides is 1. The highest BCUT2D eigenvalue weighted by Gasteiger charge is 2.26. The van der Waals surface area contributed by atoms with Gasteiger partial charge in [0.15, 0.2) is 11.6 Å². The number of nitrogens with zero attached hydrogens (tertiary/aromatic N) is 1. The van der Waals surface area contributed by atoms with E-state index in [1.807, 2.05) is 6.92 Å². The van der Waals surface area contributed by atoms with E-state index in [1.165, 1.54) is 30.0 Å². The summed E-state index contributed by atoms with van der Waals surface area (Å²) in [5, 5.41) is 0. The minimum absolute atomic E-state index is 0.0295. The maximum atomic E-state index is 14.0. The van der Waals surface area contributed by atoms with Gasteiger partial charge < -0.3 is 4.74 Å². The Hall–Kier alpha value is -2.68. The summed E-state index contributed by atoms with van der Waals surface area (Å²) in [5.74, 6) is -2.93. The monoisotopic (exact) mass is 410 g/mol. The zero-order valence-corrected chi connectivity index (χ0v) is 16.3. The van der Waals surface area contributed by atoms with Crippen LogP contribution in [0, 0.1) is 18.6 Å². The Balaban J connectivity index is 1.82. The van der Waals surface area contributed by atoms with Gasteiger partial charge in [-0.3, -0.25) is 9.62 Å². The topological polar surface area (TPSA) is 75.7 Å². The molecule has 28 heavy (non-hydrogen) atoms. The van der Waals surface area contributed by atoms with Gasteiger partial charge in [0.05, 0.1) is 11.4 Å². The standard InChI is InChI=1S/C19H20F2N2O4S/c1-3-8-23-16-7-6-15(9-14(16)10-27-19(23)24)22-28(25,26)11-13-5-4-12(2)17(20)18(13)21/h4-7,9,22H,3,8,10-11H2,1-2H3. The Bertz CT molecular complexity index is 1020. The summed E-state index contributed by atoms with van der Waals surface area (Å²) >= 11 is 0. The molecule has 0 bridgehead atoms. The lowest BCUT2D eigenvalue weighted by Crippen LogP contribution is -2.36. The second-order valence-corrected chi connectivity index (χ2v) is 8.30. The third kappa shape index (κ3) is 4.09. The predicted molar refractivity (Wildman–Crippen MR) is 102 cm³/mol. The molecule has 0 fully saturated rings. The molecule has 1 aliphatic rings. The largest absolute Gasteiger partial charge is 0.444 e. The van der Waals surface area contributed by atoms with Crippen LogP contribution in [0.1, 0.15) is 30.0 Å². The molecule has 0 saturated heterocycles. The molecule has 0 spiro atoms. The van der Waals surface area contributed by atoms with Crippen molar-refractivity contribution in [1.29, 1.82) is 0 Å². The van der Waals surface area contributed by atoms with Crippen LogP contribution in [0.5, 0.6) is 0 Å². The van der Waals surface area contributed by atoms with Gasteiger partial charge in [-0.1, -0.05) is 19.1 Å². The van der Waals surface area contributed by atoms with Crippen molar-refractivity contribution in [3.05, 3.63) is 58.7 Å². The molecule has 0 unspecified atom stereocenters. The Morgan fingerprint density at radius 1 is 1.18 bits per heavy atom. The normalized spacial score (nSPS) is 13.9. The molecule has 0 saturated carbocycles. The van der Waals surface area contributed by atoms with Gasteiger partial charge >= 0.3 is 6.09 Å². The summed E-state index contributed by atoms with van der Waals surface area (Å²) in [6, 6.07) is 7.30. The number of rotatable bonds is 6. The molecule has 1 heterocycles. The van der Waals surface area contributed by atoms with Gasteiger partial charge in [0.25, 0.3) is 0 Å². The lowest BCUT2D eigenvalue weighted by atomic mass is 10.1. The summed E-state index contributed by atoms with van der Waals surface area (Å²) in [7, 11) is -3.98. The Morgan fingerprint density at radius 2 is 1.93 bits per heavy atom. The van der Waals surface area contributed by atoms with Crippen LogP contribution in [0.25, 0.3) is 0 Å². The number of fused-ring (bicyclic) bond motifs is 1. The number of hydrogen-bond acceptors (Lipinski definition) is 4. The molecule has 6 nitrogen and oxygen atoms in total. The molecule has 2 aromatic carbocycles. The number of carbonyl (C=O) groups excluding carboxylic acids is 1. The molecule has 0 atom stereocenters. The fraction of sp³-hybridized carbons (Fsp3) is 0.316. The molecule has 0 radical (unpaired) electrons. The van der Waals surface area contributed by atoms with Gasteiger partial charge in [-0.25, -0.2) is 22.0 Å². The molecule has 1 aliphatic heterocycles. The Morgan fingerprint density at radius 3 is 2.64 bits per heavy atom. The second-order valence-electron chi connectivity index (χ2n) is 6.58. The van der Waals surface area contributed by atoms with Crippen LogP contribution in [0.2, 0.25) is 0 Å². The van der Waals surface area contributed by atoms with Crippen molar-refractivity contribution in [2.75, 3.05) is 16.2 Å². The zero-order valence-electron chi connectivity index (χ0n) is 15.5. The number of ether oxygens (including phenoxy) is 1. The van der Waals surface area contributed by atoms with Gasteiger partial charge in [0.1, 0.15) is 6.61 Å². The average Bonchev–Trinajstić information content (AvgIpc) is 2.64. The predicted octanol–water partition coefficient (Wildman–Crippen LogP) is 4.08. The number of aryl methyl sites for hydroxylation is 1. The summed E-state index contributed by atoms with van der Waals surface area (Å²) in [4.78, 5) is 13.4. The summed E-state index contributed by atoms with van der Waals surface area (Å²) < 4.78 is 60.0. The molecular formula is C19H20F2N2O4S. The number of benzene rings is 2. The van der Waals surface area contributed by atoms with Crippen LogP contribution in [0.4, 0.5) is 25.0 Å². The zero-order chi connectivity index (χ0) is 20.5. The first kappa shape index (κ1) is 20.1. The first-order valence-electron chi connectivity index (χ1n) is 8.73. The molecule has 1 amide bonds. The van der Waals surface area contributed by atoms with E-state index in [2.05, 4.69) is 4.72 Å². The molecule has 150 valence electrons. The SMILES string of the molecule is CCCN1C(=O)OCc2cc(NS(=O)(=O)Cc3ccc(C)c(F)c3F)ccc21. The van der Waals surface area contributed by atoms with E-state index in [0.717, 1.165) is 6.42 Å². The molecular weight excluding hydrogens is 390 g/mol. The maximum Gasteiger partial charge on any atom is 0.414 e. The van der Waals surface area contributed by atoms with Crippen LogP contribution in [0.15, 0.2) is 30.3 Å². The lowest BCUT2D eigenvalue weighted by molar-refractivity contribution is 0.142. The Labute approximate surface area is 162 Å². The Kier molecular flexibility index (Phi) is 5.55. The van der Waals surface area contributed by atoms with Gasteiger partial charge in [-0.15, -0.1) is 0 Å². The highest BCUT2D eigenvalue weighted by Crippen LogP contribution is 2.30. The van der Waals surface area contributed by atoms with Crippen molar-refractivity contribution in [2.45, 2.75) is 32.6 Å². The van der Waals surface area contributed by atoms with Crippen LogP contribution in [0.3, 0.4) is 0 Å². The van der Waals surface area contributed by atoms with Gasteiger partial charge in [-0.2, -0.15) is 0 Å². The quantitative estimate of drug-likeness (QED) is 0.779. The van der Waals surface area contributed by atoms with E-state index in [1.54, 1.807) is 12.1 Å². The molecule has 0 aliphatic carbocycles. The first-order valence-corrected chi connectivity index (χ1v) is 10.4. The van der Waals surface area contributed by atoms with E-state index in [9.17, 15) is 22.0 Å². The van der Waals surface area contributed by atoms with Crippen molar-refractivity contribution in [3.8, 4) is 0 Å². The summed E-state index contributed by atoms with van der Waals surface area (Å²) in [6.07, 6.45) is 0.293. The molecule has 2 aromatic rings. The van der Waals surface area contributed by atoms with Crippen molar-refractivity contribution in [3.63, 3.8) is 0 Å². The highest BCUT2D eigenvalue weighted by atomic mass is 32.2. The third-order valence-corrected chi connectivity index (χ3v) is 5.60. The minimum Gasteiger partial charge on any atom is -0.444 e. The lowest BCUT2D eigenvalue weighted by Gasteiger charge is -2.29.